The van der Waals surface area contributed by atoms with Gasteiger partial charge < -0.3 is 9.64 Å². The first-order chi connectivity index (χ1) is 13.5. The molecule has 1 aliphatic rings. The molecule has 3 heterocycles. The molecule has 1 saturated heterocycles. The molecule has 0 bridgehead atoms. The van der Waals surface area contributed by atoms with E-state index in [4.69, 9.17) is 4.74 Å². The van der Waals surface area contributed by atoms with E-state index in [2.05, 4.69) is 23.8 Å². The summed E-state index contributed by atoms with van der Waals surface area (Å²) in [6.45, 7) is 5.83. The number of carbonyl (C=O) groups excluding carboxylic acids is 1. The zero-order chi connectivity index (χ0) is 19.7. The second-order valence-electron chi connectivity index (χ2n) is 7.55. The molecule has 1 aliphatic heterocycles. The Hall–Kier alpha value is -2.54. The predicted molar refractivity (Wildman–Crippen MR) is 108 cm³/mol. The molecule has 1 fully saturated rings. The van der Waals surface area contributed by atoms with E-state index in [1.165, 1.54) is 29.8 Å². The Labute approximate surface area is 167 Å². The second kappa shape index (κ2) is 7.83. The third-order valence-electron chi connectivity index (χ3n) is 5.04. The van der Waals surface area contributed by atoms with Gasteiger partial charge >= 0.3 is 0 Å². The Morgan fingerprint density at radius 1 is 1.21 bits per heavy atom. The minimum Gasteiger partial charge on any atom is -0.467 e. The monoisotopic (exact) mass is 399 g/mol. The van der Waals surface area contributed by atoms with Gasteiger partial charge in [-0.1, -0.05) is 26.0 Å². The van der Waals surface area contributed by atoms with Crippen LogP contribution < -0.4 is 4.74 Å². The molecule has 2 atom stereocenters. The summed E-state index contributed by atoms with van der Waals surface area (Å²) >= 11 is 1.47. The van der Waals surface area contributed by atoms with E-state index >= 15 is 0 Å². The van der Waals surface area contributed by atoms with E-state index < -0.39 is 0 Å². The first kappa shape index (κ1) is 18.8. The number of rotatable bonds is 4. The van der Waals surface area contributed by atoms with Gasteiger partial charge in [-0.25, -0.2) is 14.4 Å². The smallest absolute Gasteiger partial charge is 0.260 e. The van der Waals surface area contributed by atoms with Gasteiger partial charge in [-0.3, -0.25) is 4.79 Å². The molecule has 0 unspecified atom stereocenters. The van der Waals surface area contributed by atoms with E-state index in [-0.39, 0.29) is 18.3 Å². The minimum atomic E-state index is -0.286. The Bertz CT molecular complexity index is 979. The summed E-state index contributed by atoms with van der Waals surface area (Å²) < 4.78 is 19.1. The summed E-state index contributed by atoms with van der Waals surface area (Å²) in [4.78, 5) is 23.9. The number of hydrogen-bond donors (Lipinski definition) is 0. The number of benzene rings is 1. The molecule has 0 N–H and O–H groups in total. The number of ether oxygens (including phenoxy) is 1. The fourth-order valence-corrected chi connectivity index (χ4v) is 4.79. The van der Waals surface area contributed by atoms with Crippen LogP contribution in [0.3, 0.4) is 0 Å². The van der Waals surface area contributed by atoms with Crippen molar-refractivity contribution < 1.29 is 13.9 Å². The third kappa shape index (κ3) is 3.85. The Balaban J connectivity index is 1.56. The van der Waals surface area contributed by atoms with E-state index in [9.17, 15) is 9.18 Å². The zero-order valence-electron chi connectivity index (χ0n) is 15.9. The van der Waals surface area contributed by atoms with Crippen molar-refractivity contribution in [2.75, 3.05) is 19.7 Å². The number of carbonyl (C=O) groups is 1. The lowest BCUT2D eigenvalue weighted by Gasteiger charge is -2.34. The Morgan fingerprint density at radius 3 is 2.64 bits per heavy atom. The number of halogens is 1. The molecule has 0 spiro atoms. The topological polar surface area (TPSA) is 55.3 Å². The largest absolute Gasteiger partial charge is 0.467 e. The van der Waals surface area contributed by atoms with Crippen LogP contribution in [0.5, 0.6) is 5.88 Å². The van der Waals surface area contributed by atoms with E-state index in [1.807, 2.05) is 10.3 Å². The lowest BCUT2D eigenvalue weighted by molar-refractivity contribution is -0.136. The van der Waals surface area contributed by atoms with Gasteiger partial charge in [0.1, 0.15) is 17.0 Å². The van der Waals surface area contributed by atoms with Crippen LogP contribution in [0.4, 0.5) is 4.39 Å². The molecular formula is C21H22FN3O2S. The van der Waals surface area contributed by atoms with Crippen molar-refractivity contribution in [3.05, 3.63) is 41.8 Å². The lowest BCUT2D eigenvalue weighted by Crippen LogP contribution is -2.44. The van der Waals surface area contributed by atoms with Crippen molar-refractivity contribution in [2.45, 2.75) is 20.3 Å². The SMILES string of the molecule is C[C@@H]1C[C@@H](C)CN(C(=O)COc2ncnc3scc(-c4ccc(F)cc4)c23)C1. The normalized spacial score (nSPS) is 19.8. The van der Waals surface area contributed by atoms with Gasteiger partial charge in [-0.2, -0.15) is 0 Å². The molecule has 0 saturated carbocycles. The molecule has 1 amide bonds. The van der Waals surface area contributed by atoms with Gasteiger partial charge in [0.25, 0.3) is 5.91 Å². The van der Waals surface area contributed by atoms with Crippen LogP contribution in [0.1, 0.15) is 20.3 Å². The number of nitrogens with zero attached hydrogens (tertiary/aromatic N) is 3. The molecule has 3 aromatic rings. The quantitative estimate of drug-likeness (QED) is 0.653. The maximum absolute atomic E-state index is 13.3. The van der Waals surface area contributed by atoms with Crippen LogP contribution in [-0.4, -0.2) is 40.5 Å². The van der Waals surface area contributed by atoms with Crippen LogP contribution in [0, 0.1) is 17.7 Å². The van der Waals surface area contributed by atoms with Crippen molar-refractivity contribution in [3.63, 3.8) is 0 Å². The highest BCUT2D eigenvalue weighted by Gasteiger charge is 2.26. The number of fused-ring (bicyclic) bond motifs is 1. The van der Waals surface area contributed by atoms with E-state index in [0.29, 0.717) is 17.7 Å². The zero-order valence-corrected chi connectivity index (χ0v) is 16.7. The maximum atomic E-state index is 13.3. The standard InChI is InChI=1S/C21H22FN3O2S/c1-13-7-14(2)9-25(8-13)18(26)10-27-20-19-17(11-28-21(19)24-12-23-20)15-3-5-16(22)6-4-15/h3-6,11-14H,7-10H2,1-2H3/t13-,14-/m1/s1. The van der Waals surface area contributed by atoms with E-state index in [0.717, 1.165) is 40.9 Å². The maximum Gasteiger partial charge on any atom is 0.260 e. The van der Waals surface area contributed by atoms with Crippen molar-refractivity contribution in [3.8, 4) is 17.0 Å². The average molecular weight is 399 g/mol. The van der Waals surface area contributed by atoms with Gasteiger partial charge in [-0.15, -0.1) is 11.3 Å². The Kier molecular flexibility index (Phi) is 5.26. The first-order valence-corrected chi connectivity index (χ1v) is 10.3. The summed E-state index contributed by atoms with van der Waals surface area (Å²) in [7, 11) is 0. The average Bonchev–Trinajstić information content (AvgIpc) is 3.10. The summed E-state index contributed by atoms with van der Waals surface area (Å²) in [5.74, 6) is 1.08. The van der Waals surface area contributed by atoms with Gasteiger partial charge in [0.15, 0.2) is 6.61 Å². The summed E-state index contributed by atoms with van der Waals surface area (Å²) in [5, 5.41) is 2.71. The lowest BCUT2D eigenvalue weighted by atomic mass is 9.92. The molecule has 0 radical (unpaired) electrons. The predicted octanol–water partition coefficient (Wildman–Crippen LogP) is 4.38. The Morgan fingerprint density at radius 2 is 1.93 bits per heavy atom. The fraction of sp³-hybridized carbons (Fsp3) is 0.381. The summed E-state index contributed by atoms with van der Waals surface area (Å²) in [6.07, 6.45) is 2.59. The summed E-state index contributed by atoms with van der Waals surface area (Å²) in [5.41, 5.74) is 1.74. The molecule has 28 heavy (non-hydrogen) atoms. The third-order valence-corrected chi connectivity index (χ3v) is 5.93. The molecule has 2 aromatic heterocycles. The molecule has 1 aromatic carbocycles. The second-order valence-corrected chi connectivity index (χ2v) is 8.41. The van der Waals surface area contributed by atoms with Crippen molar-refractivity contribution in [2.24, 2.45) is 11.8 Å². The number of piperidine rings is 1. The van der Waals surface area contributed by atoms with Crippen LogP contribution in [-0.2, 0) is 4.79 Å². The van der Waals surface area contributed by atoms with Crippen LogP contribution in [0.15, 0.2) is 36.0 Å². The fourth-order valence-electron chi connectivity index (χ4n) is 3.89. The molecule has 5 nitrogen and oxygen atoms in total. The number of likely N-dealkylation sites (tertiary alicyclic amines) is 1. The molecule has 7 heteroatoms. The van der Waals surface area contributed by atoms with Crippen molar-refractivity contribution in [1.82, 2.24) is 14.9 Å². The number of thiophene rings is 1. The number of amides is 1. The van der Waals surface area contributed by atoms with Crippen molar-refractivity contribution in [1.29, 1.82) is 0 Å². The minimum absolute atomic E-state index is 0.0243. The molecule has 0 aliphatic carbocycles. The number of hydrogen-bond acceptors (Lipinski definition) is 5. The van der Waals surface area contributed by atoms with Gasteiger partial charge in [0.2, 0.25) is 5.88 Å². The summed E-state index contributed by atoms with van der Waals surface area (Å²) in [6, 6.07) is 6.28. The van der Waals surface area contributed by atoms with Gasteiger partial charge in [-0.05, 0) is 36.0 Å². The van der Waals surface area contributed by atoms with Gasteiger partial charge in [0.05, 0.1) is 5.39 Å². The highest BCUT2D eigenvalue weighted by molar-refractivity contribution is 7.17. The molecular weight excluding hydrogens is 377 g/mol. The van der Waals surface area contributed by atoms with Crippen LogP contribution in [0.2, 0.25) is 0 Å². The molecule has 146 valence electrons. The number of aromatic nitrogens is 2. The first-order valence-electron chi connectivity index (χ1n) is 9.40. The highest BCUT2D eigenvalue weighted by atomic mass is 32.1. The molecule has 4 rings (SSSR count). The van der Waals surface area contributed by atoms with Crippen molar-refractivity contribution >= 4 is 27.5 Å². The van der Waals surface area contributed by atoms with E-state index in [1.54, 1.807) is 12.1 Å². The van der Waals surface area contributed by atoms with Gasteiger partial charge in [0, 0.05) is 24.0 Å². The van der Waals surface area contributed by atoms with Crippen LogP contribution >= 0.6 is 11.3 Å². The highest BCUT2D eigenvalue weighted by Crippen LogP contribution is 2.37. The van der Waals surface area contributed by atoms with Crippen LogP contribution in [0.25, 0.3) is 21.3 Å².